The van der Waals surface area contributed by atoms with E-state index >= 15 is 0 Å². The van der Waals surface area contributed by atoms with E-state index in [-0.39, 0.29) is 0 Å². The Hall–Kier alpha value is -0.520. The molecule has 0 bridgehead atoms. The lowest BCUT2D eigenvalue weighted by atomic mass is 10.0. The molecular formula is C10H18. The third kappa shape index (κ3) is 2.86. The predicted octanol–water partition coefficient (Wildman–Crippen LogP) is 3.70. The van der Waals surface area contributed by atoms with Gasteiger partial charge in [0, 0.05) is 0 Å². The molecule has 0 unspecified atom stereocenters. The molecule has 0 amide bonds. The second kappa shape index (κ2) is 4.32. The third-order valence-electron chi connectivity index (χ3n) is 1.83. The maximum absolute atomic E-state index is 4.01. The fraction of sp³-hybridized carbons (Fsp3) is 0.600. The minimum absolute atomic E-state index is 1.14. The molecule has 0 fully saturated rings. The molecule has 0 saturated heterocycles. The van der Waals surface area contributed by atoms with E-state index in [1.54, 1.807) is 0 Å². The fourth-order valence-corrected chi connectivity index (χ4v) is 0.843. The Balaban J connectivity index is 4.09. The van der Waals surface area contributed by atoms with Crippen molar-refractivity contribution < 1.29 is 0 Å². The average Bonchev–Trinajstić information content (AvgIpc) is 1.87. The molecule has 0 rings (SSSR count). The molecule has 0 aromatic heterocycles. The van der Waals surface area contributed by atoms with Gasteiger partial charge in [0.1, 0.15) is 0 Å². The van der Waals surface area contributed by atoms with Crippen LogP contribution >= 0.6 is 0 Å². The highest BCUT2D eigenvalue weighted by Gasteiger charge is 1.95. The minimum Gasteiger partial charge on any atom is -0.0956 e. The molecule has 0 N–H and O–H groups in total. The van der Waals surface area contributed by atoms with Gasteiger partial charge in [-0.15, -0.1) is 0 Å². The summed E-state index contributed by atoms with van der Waals surface area (Å²) in [5.74, 6) is 0. The van der Waals surface area contributed by atoms with Gasteiger partial charge in [-0.05, 0) is 32.8 Å². The normalized spacial score (nSPS) is 9.20. The van der Waals surface area contributed by atoms with Gasteiger partial charge in [-0.3, -0.25) is 0 Å². The highest BCUT2D eigenvalue weighted by atomic mass is 14.0. The van der Waals surface area contributed by atoms with Crippen molar-refractivity contribution in [2.75, 3.05) is 0 Å². The highest BCUT2D eigenvalue weighted by molar-refractivity contribution is 5.29. The molecule has 0 saturated carbocycles. The zero-order valence-corrected chi connectivity index (χ0v) is 7.62. The van der Waals surface area contributed by atoms with Crippen LogP contribution in [0.2, 0.25) is 0 Å². The van der Waals surface area contributed by atoms with E-state index < -0.39 is 0 Å². The fourth-order valence-electron chi connectivity index (χ4n) is 0.843. The molecule has 0 aliphatic heterocycles. The lowest BCUT2D eigenvalue weighted by molar-refractivity contribution is 0.910. The Labute approximate surface area is 64.6 Å². The van der Waals surface area contributed by atoms with Crippen molar-refractivity contribution in [3.63, 3.8) is 0 Å². The van der Waals surface area contributed by atoms with Crippen LogP contribution in [-0.4, -0.2) is 0 Å². The molecule has 0 nitrogen and oxygen atoms in total. The van der Waals surface area contributed by atoms with Crippen LogP contribution in [0.1, 0.15) is 40.5 Å². The van der Waals surface area contributed by atoms with Gasteiger partial charge in [0.2, 0.25) is 0 Å². The maximum atomic E-state index is 4.01. The van der Waals surface area contributed by atoms with Crippen molar-refractivity contribution in [2.24, 2.45) is 0 Å². The highest BCUT2D eigenvalue weighted by Crippen LogP contribution is 2.16. The summed E-state index contributed by atoms with van der Waals surface area (Å²) >= 11 is 0. The van der Waals surface area contributed by atoms with E-state index in [1.165, 1.54) is 23.1 Å². The van der Waals surface area contributed by atoms with E-state index in [0.717, 1.165) is 6.42 Å². The molecule has 0 aromatic carbocycles. The maximum Gasteiger partial charge on any atom is -0.0285 e. The summed E-state index contributed by atoms with van der Waals surface area (Å²) in [6.45, 7) is 12.6. The predicted molar refractivity (Wildman–Crippen MR) is 48.1 cm³/mol. The van der Waals surface area contributed by atoms with Crippen LogP contribution < -0.4 is 0 Å². The number of hydrogen-bond donors (Lipinski definition) is 0. The van der Waals surface area contributed by atoms with Gasteiger partial charge in [-0.2, -0.15) is 0 Å². The molecular weight excluding hydrogens is 120 g/mol. The summed E-state index contributed by atoms with van der Waals surface area (Å²) in [5, 5.41) is 0. The zero-order chi connectivity index (χ0) is 8.15. The summed E-state index contributed by atoms with van der Waals surface area (Å²) in [6, 6.07) is 0. The quantitative estimate of drug-likeness (QED) is 0.522. The van der Waals surface area contributed by atoms with Crippen molar-refractivity contribution in [3.8, 4) is 0 Å². The largest absolute Gasteiger partial charge is 0.0956 e. The average molecular weight is 138 g/mol. The monoisotopic (exact) mass is 138 g/mol. The van der Waals surface area contributed by atoms with Crippen LogP contribution in [0.5, 0.6) is 0 Å². The summed E-state index contributed by atoms with van der Waals surface area (Å²) in [5.41, 5.74) is 4.06. The first-order chi connectivity index (χ1) is 4.59. The lowest BCUT2D eigenvalue weighted by Gasteiger charge is -2.05. The van der Waals surface area contributed by atoms with Crippen LogP contribution in [0.4, 0.5) is 0 Å². The van der Waals surface area contributed by atoms with Gasteiger partial charge < -0.3 is 0 Å². The Morgan fingerprint density at radius 3 is 2.00 bits per heavy atom. The Kier molecular flexibility index (Phi) is 4.10. The SMILES string of the molecule is C=C(CCC)C(C)=C(C)C. The van der Waals surface area contributed by atoms with Crippen molar-refractivity contribution in [1.29, 1.82) is 0 Å². The van der Waals surface area contributed by atoms with Crippen molar-refractivity contribution in [1.82, 2.24) is 0 Å². The van der Waals surface area contributed by atoms with Gasteiger partial charge >= 0.3 is 0 Å². The summed E-state index contributed by atoms with van der Waals surface area (Å²) < 4.78 is 0. The van der Waals surface area contributed by atoms with Gasteiger partial charge in [0.25, 0.3) is 0 Å². The van der Waals surface area contributed by atoms with Crippen LogP contribution in [0, 0.1) is 0 Å². The van der Waals surface area contributed by atoms with E-state index in [0.29, 0.717) is 0 Å². The van der Waals surface area contributed by atoms with Crippen LogP contribution in [0.3, 0.4) is 0 Å². The molecule has 0 heteroatoms. The Morgan fingerprint density at radius 1 is 1.20 bits per heavy atom. The smallest absolute Gasteiger partial charge is 0.0285 e. The first-order valence-electron chi connectivity index (χ1n) is 3.91. The van der Waals surface area contributed by atoms with Gasteiger partial charge in [-0.1, -0.05) is 31.1 Å². The molecule has 58 valence electrons. The summed E-state index contributed by atoms with van der Waals surface area (Å²) in [6.07, 6.45) is 2.33. The van der Waals surface area contributed by atoms with Gasteiger partial charge in [0.05, 0.1) is 0 Å². The Morgan fingerprint density at radius 2 is 1.70 bits per heavy atom. The molecule has 0 aromatic rings. The second-order valence-corrected chi connectivity index (χ2v) is 2.98. The van der Waals surface area contributed by atoms with E-state index in [1.807, 2.05) is 0 Å². The molecule has 0 radical (unpaired) electrons. The van der Waals surface area contributed by atoms with Crippen molar-refractivity contribution >= 4 is 0 Å². The third-order valence-corrected chi connectivity index (χ3v) is 1.83. The van der Waals surface area contributed by atoms with Crippen LogP contribution in [-0.2, 0) is 0 Å². The molecule has 0 aliphatic rings. The van der Waals surface area contributed by atoms with Gasteiger partial charge in [0.15, 0.2) is 0 Å². The van der Waals surface area contributed by atoms with Gasteiger partial charge in [-0.25, -0.2) is 0 Å². The second-order valence-electron chi connectivity index (χ2n) is 2.98. The first kappa shape index (κ1) is 9.48. The molecule has 10 heavy (non-hydrogen) atoms. The zero-order valence-electron chi connectivity index (χ0n) is 7.62. The number of hydrogen-bond acceptors (Lipinski definition) is 0. The topological polar surface area (TPSA) is 0 Å². The van der Waals surface area contributed by atoms with Crippen LogP contribution in [0.25, 0.3) is 0 Å². The standard InChI is InChI=1S/C10H18/c1-6-7-9(4)10(5)8(2)3/h4,6-7H2,1-3,5H3. The van der Waals surface area contributed by atoms with E-state index in [2.05, 4.69) is 34.3 Å². The molecule has 0 heterocycles. The summed E-state index contributed by atoms with van der Waals surface area (Å²) in [4.78, 5) is 0. The number of rotatable bonds is 3. The van der Waals surface area contributed by atoms with E-state index in [4.69, 9.17) is 0 Å². The Bertz CT molecular complexity index is 145. The van der Waals surface area contributed by atoms with Crippen molar-refractivity contribution in [3.05, 3.63) is 23.3 Å². The van der Waals surface area contributed by atoms with E-state index in [9.17, 15) is 0 Å². The minimum atomic E-state index is 1.14. The first-order valence-corrected chi connectivity index (χ1v) is 3.91. The lowest BCUT2D eigenvalue weighted by Crippen LogP contribution is -1.85. The van der Waals surface area contributed by atoms with Crippen molar-refractivity contribution in [2.45, 2.75) is 40.5 Å². The molecule has 0 atom stereocenters. The van der Waals surface area contributed by atoms with Crippen LogP contribution in [0.15, 0.2) is 23.3 Å². The summed E-state index contributed by atoms with van der Waals surface area (Å²) in [7, 11) is 0. The molecule has 0 spiro atoms. The molecule has 0 aliphatic carbocycles. The number of allylic oxidation sites excluding steroid dienone is 3.